The molecule has 0 N–H and O–H groups in total. The molecule has 0 aliphatic heterocycles. The number of aromatic nitrogens is 2. The molecule has 1 atom stereocenters. The van der Waals surface area contributed by atoms with E-state index in [2.05, 4.69) is 34.4 Å². The minimum Gasteiger partial charge on any atom is -0.399 e. The first-order chi connectivity index (χ1) is 16.5. The highest BCUT2D eigenvalue weighted by atomic mass is 35.5. The minimum atomic E-state index is 0.502. The zero-order valence-electron chi connectivity index (χ0n) is 19.8. The number of fused-ring (bicyclic) bond motifs is 1. The molecule has 1 unspecified atom stereocenters. The van der Waals surface area contributed by atoms with Crippen LogP contribution >= 0.6 is 11.6 Å². The Morgan fingerprint density at radius 2 is 1.88 bits per heavy atom. The fourth-order valence-corrected chi connectivity index (χ4v) is 4.21. The SMILES string of the molecule is CON=C(C)c1cccc(CCCON=C2CC(C)Cc3ccc(-c4ccc(Cl)cc4)nc32)n1. The molecule has 0 amide bonds. The van der Waals surface area contributed by atoms with Gasteiger partial charge >= 0.3 is 0 Å². The normalized spacial score (nSPS) is 16.9. The van der Waals surface area contributed by atoms with E-state index in [1.807, 2.05) is 49.4 Å². The van der Waals surface area contributed by atoms with Crippen LogP contribution in [0.3, 0.4) is 0 Å². The van der Waals surface area contributed by atoms with Gasteiger partial charge in [-0.3, -0.25) is 4.98 Å². The van der Waals surface area contributed by atoms with Gasteiger partial charge < -0.3 is 9.68 Å². The maximum Gasteiger partial charge on any atom is 0.117 e. The quantitative estimate of drug-likeness (QED) is 0.223. The van der Waals surface area contributed by atoms with E-state index < -0.39 is 0 Å². The third-order valence-electron chi connectivity index (χ3n) is 5.75. The summed E-state index contributed by atoms with van der Waals surface area (Å²) in [6, 6.07) is 17.9. The third-order valence-corrected chi connectivity index (χ3v) is 6.00. The molecule has 1 aliphatic rings. The van der Waals surface area contributed by atoms with Gasteiger partial charge in [-0.2, -0.15) is 0 Å². The summed E-state index contributed by atoms with van der Waals surface area (Å²) in [6.07, 6.45) is 3.46. The van der Waals surface area contributed by atoms with Gasteiger partial charge in [0.05, 0.1) is 17.1 Å². The molecule has 0 saturated heterocycles. The summed E-state index contributed by atoms with van der Waals surface area (Å²) in [4.78, 5) is 20.2. The average Bonchev–Trinajstić information content (AvgIpc) is 2.84. The maximum absolute atomic E-state index is 6.04. The van der Waals surface area contributed by atoms with E-state index in [9.17, 15) is 0 Å². The second kappa shape index (κ2) is 11.3. The standard InChI is InChI=1S/C27H29ClN4O2/c1-18-16-21-11-14-25(20-9-12-22(28)13-10-20)30-27(21)26(17-18)32-34-15-5-7-23-6-4-8-24(29-23)19(2)31-33-3/h4,6,8-14,18H,5,7,15-17H2,1-3H3. The van der Waals surface area contributed by atoms with Crippen LogP contribution in [0.4, 0.5) is 0 Å². The topological polar surface area (TPSA) is 69.0 Å². The first-order valence-corrected chi connectivity index (χ1v) is 11.9. The number of aryl methyl sites for hydroxylation is 1. The summed E-state index contributed by atoms with van der Waals surface area (Å²) in [5, 5.41) is 9.17. The first kappa shape index (κ1) is 23.9. The molecule has 2 aromatic heterocycles. The van der Waals surface area contributed by atoms with E-state index in [1.54, 1.807) is 0 Å². The van der Waals surface area contributed by atoms with Gasteiger partial charge in [0.15, 0.2) is 0 Å². The highest BCUT2D eigenvalue weighted by Crippen LogP contribution is 2.28. The van der Waals surface area contributed by atoms with E-state index in [-0.39, 0.29) is 0 Å². The van der Waals surface area contributed by atoms with Crippen molar-refractivity contribution in [2.75, 3.05) is 13.7 Å². The summed E-state index contributed by atoms with van der Waals surface area (Å²) >= 11 is 6.04. The molecule has 176 valence electrons. The lowest BCUT2D eigenvalue weighted by Gasteiger charge is -2.22. The molecule has 7 heteroatoms. The Morgan fingerprint density at radius 1 is 1.06 bits per heavy atom. The molecule has 0 radical (unpaired) electrons. The molecule has 4 rings (SSSR count). The molecule has 6 nitrogen and oxygen atoms in total. The Morgan fingerprint density at radius 3 is 2.68 bits per heavy atom. The van der Waals surface area contributed by atoms with Gasteiger partial charge in [0.1, 0.15) is 25.1 Å². The zero-order valence-corrected chi connectivity index (χ0v) is 20.5. The van der Waals surface area contributed by atoms with Gasteiger partial charge in [0.2, 0.25) is 0 Å². The Balaban J connectivity index is 1.41. The summed E-state index contributed by atoms with van der Waals surface area (Å²) in [7, 11) is 1.53. The molecular formula is C27H29ClN4O2. The summed E-state index contributed by atoms with van der Waals surface area (Å²) in [5.74, 6) is 0.502. The molecular weight excluding hydrogens is 448 g/mol. The Labute approximate surface area is 205 Å². The molecule has 0 saturated carbocycles. The molecule has 0 spiro atoms. The van der Waals surface area contributed by atoms with Crippen LogP contribution in [0, 0.1) is 5.92 Å². The summed E-state index contributed by atoms with van der Waals surface area (Å²) < 4.78 is 0. The van der Waals surface area contributed by atoms with E-state index in [0.717, 1.165) is 65.4 Å². The van der Waals surface area contributed by atoms with Crippen molar-refractivity contribution in [2.45, 2.75) is 39.5 Å². The van der Waals surface area contributed by atoms with Crippen LogP contribution in [0.25, 0.3) is 11.3 Å². The van der Waals surface area contributed by atoms with Crippen molar-refractivity contribution in [1.82, 2.24) is 9.97 Å². The van der Waals surface area contributed by atoms with Crippen LogP contribution < -0.4 is 0 Å². The van der Waals surface area contributed by atoms with Gasteiger partial charge in [-0.1, -0.05) is 53.1 Å². The molecule has 34 heavy (non-hydrogen) atoms. The monoisotopic (exact) mass is 476 g/mol. The fraction of sp³-hybridized carbons (Fsp3) is 0.333. The second-order valence-corrected chi connectivity index (χ2v) is 9.01. The van der Waals surface area contributed by atoms with Crippen molar-refractivity contribution >= 4 is 23.0 Å². The van der Waals surface area contributed by atoms with Crippen LogP contribution in [0.2, 0.25) is 5.02 Å². The predicted octanol–water partition coefficient (Wildman–Crippen LogP) is 6.10. The van der Waals surface area contributed by atoms with Crippen LogP contribution in [-0.4, -0.2) is 35.1 Å². The zero-order chi connectivity index (χ0) is 23.9. The number of hydrogen-bond acceptors (Lipinski definition) is 6. The third kappa shape index (κ3) is 6.00. The van der Waals surface area contributed by atoms with Crippen LogP contribution in [0.5, 0.6) is 0 Å². The highest BCUT2D eigenvalue weighted by molar-refractivity contribution is 6.30. The van der Waals surface area contributed by atoms with Crippen LogP contribution in [0.1, 0.15) is 49.3 Å². The lowest BCUT2D eigenvalue weighted by atomic mass is 9.86. The minimum absolute atomic E-state index is 0.502. The van der Waals surface area contributed by atoms with E-state index in [0.29, 0.717) is 17.5 Å². The number of hydrogen-bond donors (Lipinski definition) is 0. The number of pyridine rings is 2. The smallest absolute Gasteiger partial charge is 0.117 e. The van der Waals surface area contributed by atoms with Crippen molar-refractivity contribution in [2.24, 2.45) is 16.2 Å². The predicted molar refractivity (Wildman–Crippen MR) is 136 cm³/mol. The number of halogens is 1. The van der Waals surface area contributed by atoms with Gasteiger partial charge in [-0.15, -0.1) is 0 Å². The number of oxime groups is 2. The van der Waals surface area contributed by atoms with E-state index in [4.69, 9.17) is 26.3 Å². The van der Waals surface area contributed by atoms with Crippen molar-refractivity contribution in [3.05, 3.63) is 82.3 Å². The van der Waals surface area contributed by atoms with Crippen LogP contribution in [-0.2, 0) is 22.5 Å². The molecule has 0 bridgehead atoms. The Hall–Kier alpha value is -3.25. The number of rotatable bonds is 8. The number of benzene rings is 1. The van der Waals surface area contributed by atoms with Gasteiger partial charge in [0.25, 0.3) is 0 Å². The first-order valence-electron chi connectivity index (χ1n) is 11.5. The van der Waals surface area contributed by atoms with Gasteiger partial charge in [0, 0.05) is 16.3 Å². The number of nitrogens with zero attached hydrogens (tertiary/aromatic N) is 4. The fourth-order valence-electron chi connectivity index (χ4n) is 4.08. The average molecular weight is 477 g/mol. The van der Waals surface area contributed by atoms with Crippen molar-refractivity contribution in [3.8, 4) is 11.3 Å². The lowest BCUT2D eigenvalue weighted by Crippen LogP contribution is -2.21. The lowest BCUT2D eigenvalue weighted by molar-refractivity contribution is 0.140. The van der Waals surface area contributed by atoms with Crippen molar-refractivity contribution in [3.63, 3.8) is 0 Å². The van der Waals surface area contributed by atoms with E-state index >= 15 is 0 Å². The van der Waals surface area contributed by atoms with E-state index in [1.165, 1.54) is 12.7 Å². The van der Waals surface area contributed by atoms with Gasteiger partial charge in [-0.05, 0) is 74.4 Å². The van der Waals surface area contributed by atoms with Gasteiger partial charge in [-0.25, -0.2) is 4.98 Å². The summed E-state index contributed by atoms with van der Waals surface area (Å²) in [6.45, 7) is 4.63. The Bertz CT molecular complexity index is 1190. The molecule has 0 fully saturated rings. The largest absolute Gasteiger partial charge is 0.399 e. The Kier molecular flexibility index (Phi) is 7.91. The summed E-state index contributed by atoms with van der Waals surface area (Å²) in [5.41, 5.74) is 7.57. The maximum atomic E-state index is 6.04. The molecule has 3 aromatic rings. The molecule has 2 heterocycles. The van der Waals surface area contributed by atoms with Crippen LogP contribution in [0.15, 0.2) is 64.9 Å². The second-order valence-electron chi connectivity index (χ2n) is 8.57. The molecule has 1 aromatic carbocycles. The van der Waals surface area contributed by atoms with Crippen molar-refractivity contribution < 1.29 is 9.68 Å². The molecule has 1 aliphatic carbocycles. The highest BCUT2D eigenvalue weighted by Gasteiger charge is 2.23. The van der Waals surface area contributed by atoms with Crippen molar-refractivity contribution in [1.29, 1.82) is 0 Å².